The fourth-order valence-corrected chi connectivity index (χ4v) is 5.24. The van der Waals surface area contributed by atoms with Crippen LogP contribution in [-0.2, 0) is 13.0 Å². The van der Waals surface area contributed by atoms with E-state index < -0.39 is 0 Å². The average Bonchev–Trinajstić information content (AvgIpc) is 3.05. The highest BCUT2D eigenvalue weighted by Gasteiger charge is 2.40. The van der Waals surface area contributed by atoms with E-state index in [-0.39, 0.29) is 0 Å². The van der Waals surface area contributed by atoms with Gasteiger partial charge in [-0.25, -0.2) is 0 Å². The second-order valence-corrected chi connectivity index (χ2v) is 8.11. The number of aryl methyl sites for hydroxylation is 1. The lowest BCUT2D eigenvalue weighted by Gasteiger charge is -2.32. The first kappa shape index (κ1) is 15.4. The van der Waals surface area contributed by atoms with Gasteiger partial charge in [0.25, 0.3) is 0 Å². The molecule has 0 amide bonds. The molecule has 4 heterocycles. The quantitative estimate of drug-likeness (QED) is 0.932. The average molecular weight is 336 g/mol. The number of likely N-dealkylation sites (N-methyl/N-ethyl adjacent to an activating group) is 1. The van der Waals surface area contributed by atoms with Crippen LogP contribution in [-0.4, -0.2) is 41.5 Å². The zero-order valence-electron chi connectivity index (χ0n) is 15.3. The molecule has 3 atom stereocenters. The maximum Gasteiger partial charge on any atom is 0.0931 e. The van der Waals surface area contributed by atoms with Crippen LogP contribution in [0.25, 0.3) is 10.9 Å². The van der Waals surface area contributed by atoms with E-state index in [0.29, 0.717) is 12.0 Å². The predicted octanol–water partition coefficient (Wildman–Crippen LogP) is 3.36. The summed E-state index contributed by atoms with van der Waals surface area (Å²) in [5, 5.41) is 4.92. The Hall–Kier alpha value is -1.81. The topological polar surface area (TPSA) is 32.6 Å². The Bertz CT molecular complexity index is 834. The molecule has 0 spiro atoms. The third-order valence-corrected chi connectivity index (χ3v) is 6.72. The SMILES string of the molecule is CC1=NCC(CCn2c3c(c4ccccc42)C2CCC(C3)N2C)CN1. The van der Waals surface area contributed by atoms with Gasteiger partial charge in [0, 0.05) is 54.7 Å². The Balaban J connectivity index is 1.50. The van der Waals surface area contributed by atoms with E-state index in [9.17, 15) is 0 Å². The van der Waals surface area contributed by atoms with Gasteiger partial charge in [0.05, 0.1) is 5.84 Å². The summed E-state index contributed by atoms with van der Waals surface area (Å²) in [6.07, 6.45) is 5.10. The van der Waals surface area contributed by atoms with Crippen molar-refractivity contribution in [1.82, 2.24) is 14.8 Å². The Morgan fingerprint density at radius 2 is 2.12 bits per heavy atom. The van der Waals surface area contributed by atoms with Gasteiger partial charge < -0.3 is 9.88 Å². The number of aliphatic imine (C=N–C) groups is 1. The van der Waals surface area contributed by atoms with Gasteiger partial charge in [-0.15, -0.1) is 0 Å². The lowest BCUT2D eigenvalue weighted by atomic mass is 9.97. The van der Waals surface area contributed by atoms with Crippen molar-refractivity contribution >= 4 is 16.7 Å². The minimum absolute atomic E-state index is 0.628. The van der Waals surface area contributed by atoms with E-state index in [1.807, 2.05) is 0 Å². The van der Waals surface area contributed by atoms with Crippen molar-refractivity contribution in [3.8, 4) is 0 Å². The molecular weight excluding hydrogens is 308 g/mol. The van der Waals surface area contributed by atoms with Gasteiger partial charge in [-0.2, -0.15) is 0 Å². The monoisotopic (exact) mass is 336 g/mol. The molecule has 1 N–H and O–H groups in total. The van der Waals surface area contributed by atoms with Gasteiger partial charge in [-0.3, -0.25) is 9.89 Å². The summed E-state index contributed by atoms with van der Waals surface area (Å²) < 4.78 is 2.65. The third kappa shape index (κ3) is 2.42. The summed E-state index contributed by atoms with van der Waals surface area (Å²) in [5.74, 6) is 1.75. The van der Waals surface area contributed by atoms with Crippen LogP contribution in [0.15, 0.2) is 29.3 Å². The Kier molecular flexibility index (Phi) is 3.63. The van der Waals surface area contributed by atoms with Crippen LogP contribution in [0.1, 0.15) is 43.5 Å². The zero-order chi connectivity index (χ0) is 17.0. The molecule has 0 radical (unpaired) electrons. The number of nitrogens with zero attached hydrogens (tertiary/aromatic N) is 3. The molecule has 5 rings (SSSR count). The molecule has 3 unspecified atom stereocenters. The van der Waals surface area contributed by atoms with E-state index in [0.717, 1.165) is 31.5 Å². The molecule has 3 aliphatic rings. The second-order valence-electron chi connectivity index (χ2n) is 8.11. The molecule has 132 valence electrons. The molecule has 1 aromatic carbocycles. The van der Waals surface area contributed by atoms with Crippen LogP contribution in [0.5, 0.6) is 0 Å². The van der Waals surface area contributed by atoms with Crippen molar-refractivity contribution in [3.63, 3.8) is 0 Å². The molecule has 1 aromatic heterocycles. The van der Waals surface area contributed by atoms with Crippen LogP contribution in [0.4, 0.5) is 0 Å². The van der Waals surface area contributed by atoms with E-state index in [1.54, 1.807) is 11.3 Å². The Morgan fingerprint density at radius 1 is 1.24 bits per heavy atom. The number of para-hydroxylation sites is 1. The summed E-state index contributed by atoms with van der Waals surface area (Å²) in [7, 11) is 2.32. The molecule has 3 aliphatic heterocycles. The molecule has 4 heteroatoms. The molecule has 1 saturated heterocycles. The molecule has 25 heavy (non-hydrogen) atoms. The Labute approximate surface area is 149 Å². The molecule has 4 nitrogen and oxygen atoms in total. The van der Waals surface area contributed by atoms with E-state index in [4.69, 9.17) is 0 Å². The van der Waals surface area contributed by atoms with E-state index in [2.05, 4.69) is 58.0 Å². The largest absolute Gasteiger partial charge is 0.374 e. The maximum atomic E-state index is 4.59. The summed E-state index contributed by atoms with van der Waals surface area (Å²) >= 11 is 0. The highest BCUT2D eigenvalue weighted by molar-refractivity contribution is 5.86. The number of amidine groups is 1. The lowest BCUT2D eigenvalue weighted by Crippen LogP contribution is -2.35. The molecular formula is C21H28N4. The second kappa shape index (κ2) is 5.87. The highest BCUT2D eigenvalue weighted by atomic mass is 15.2. The van der Waals surface area contributed by atoms with Crippen LogP contribution in [0.3, 0.4) is 0 Å². The zero-order valence-corrected chi connectivity index (χ0v) is 15.3. The van der Waals surface area contributed by atoms with E-state index in [1.165, 1.54) is 36.6 Å². The number of aromatic nitrogens is 1. The number of benzene rings is 1. The number of fused-ring (bicyclic) bond motifs is 6. The van der Waals surface area contributed by atoms with Gasteiger partial charge in [0.15, 0.2) is 0 Å². The van der Waals surface area contributed by atoms with Gasteiger partial charge in [0.1, 0.15) is 0 Å². The molecule has 2 aromatic rings. The van der Waals surface area contributed by atoms with Crippen molar-refractivity contribution in [2.75, 3.05) is 20.1 Å². The molecule has 2 bridgehead atoms. The Morgan fingerprint density at radius 3 is 2.96 bits per heavy atom. The summed E-state index contributed by atoms with van der Waals surface area (Å²) in [4.78, 5) is 7.22. The van der Waals surface area contributed by atoms with Crippen molar-refractivity contribution in [2.24, 2.45) is 10.9 Å². The number of nitrogens with one attached hydrogen (secondary N) is 1. The highest BCUT2D eigenvalue weighted by Crippen LogP contribution is 2.46. The van der Waals surface area contributed by atoms with Gasteiger partial charge in [0.2, 0.25) is 0 Å². The maximum absolute atomic E-state index is 4.59. The first-order chi connectivity index (χ1) is 12.2. The standard InChI is InChI=1S/C21H28N4/c1-14-22-12-15(13-23-14)9-10-25-18-6-4-3-5-17(18)21-19-8-7-16(24(19)2)11-20(21)25/h3-6,15-16,19H,7-13H2,1-2H3,(H,22,23). The minimum Gasteiger partial charge on any atom is -0.374 e. The lowest BCUT2D eigenvalue weighted by molar-refractivity contribution is 0.221. The van der Waals surface area contributed by atoms with Crippen molar-refractivity contribution < 1.29 is 0 Å². The van der Waals surface area contributed by atoms with Gasteiger partial charge in [-0.1, -0.05) is 18.2 Å². The molecule has 0 aliphatic carbocycles. The van der Waals surface area contributed by atoms with E-state index >= 15 is 0 Å². The molecule has 0 saturated carbocycles. The first-order valence-electron chi connectivity index (χ1n) is 9.79. The van der Waals surface area contributed by atoms with Crippen LogP contribution in [0.2, 0.25) is 0 Å². The van der Waals surface area contributed by atoms with Crippen LogP contribution >= 0.6 is 0 Å². The first-order valence-corrected chi connectivity index (χ1v) is 9.79. The number of hydrogen-bond donors (Lipinski definition) is 1. The summed E-state index contributed by atoms with van der Waals surface area (Å²) in [5.41, 5.74) is 4.69. The number of rotatable bonds is 3. The van der Waals surface area contributed by atoms with Crippen molar-refractivity contribution in [3.05, 3.63) is 35.5 Å². The fourth-order valence-electron chi connectivity index (χ4n) is 5.24. The number of hydrogen-bond acceptors (Lipinski definition) is 3. The predicted molar refractivity (Wildman–Crippen MR) is 103 cm³/mol. The third-order valence-electron chi connectivity index (χ3n) is 6.72. The smallest absolute Gasteiger partial charge is 0.0931 e. The fraction of sp³-hybridized carbons (Fsp3) is 0.571. The van der Waals surface area contributed by atoms with Crippen LogP contribution in [0, 0.1) is 5.92 Å². The van der Waals surface area contributed by atoms with Crippen molar-refractivity contribution in [2.45, 2.75) is 51.2 Å². The van der Waals surface area contributed by atoms with Crippen molar-refractivity contribution in [1.29, 1.82) is 0 Å². The van der Waals surface area contributed by atoms with Crippen LogP contribution < -0.4 is 5.32 Å². The van der Waals surface area contributed by atoms with Gasteiger partial charge >= 0.3 is 0 Å². The summed E-state index contributed by atoms with van der Waals surface area (Å²) in [6.45, 7) is 5.25. The minimum atomic E-state index is 0.628. The molecule has 1 fully saturated rings. The van der Waals surface area contributed by atoms with Gasteiger partial charge in [-0.05, 0) is 50.8 Å². The summed E-state index contributed by atoms with van der Waals surface area (Å²) in [6, 6.07) is 10.4. The normalized spacial score (nSPS) is 28.7.